The zero-order valence-corrected chi connectivity index (χ0v) is 9.79. The first kappa shape index (κ1) is 11.6. The summed E-state index contributed by atoms with van der Waals surface area (Å²) in [5.74, 6) is -0.573. The van der Waals surface area contributed by atoms with Crippen molar-refractivity contribution in [3.8, 4) is 0 Å². The summed E-state index contributed by atoms with van der Waals surface area (Å²) in [6, 6.07) is -0.0388. The Kier molecular flexibility index (Phi) is 3.02. The van der Waals surface area contributed by atoms with Gasteiger partial charge in [0.25, 0.3) is 0 Å². The molecule has 16 heavy (non-hydrogen) atoms. The molecule has 0 aromatic rings. The monoisotopic (exact) mass is 224 g/mol. The van der Waals surface area contributed by atoms with Gasteiger partial charge in [0.05, 0.1) is 6.61 Å². The van der Waals surface area contributed by atoms with Crippen LogP contribution in [0, 0.1) is 16.7 Å². The van der Waals surface area contributed by atoms with Crippen molar-refractivity contribution in [2.45, 2.75) is 45.1 Å². The average molecular weight is 224 g/mol. The van der Waals surface area contributed by atoms with E-state index in [1.165, 1.54) is 19.3 Å². The standard InChI is InChI=1S/C12H20N2O2/c1-2-16-11(15)10(14)8-7-12(5-6-12)4-3-9(8)13/h8-9,14H,2-7,13H2,1H3. The van der Waals surface area contributed by atoms with Gasteiger partial charge in [-0.25, -0.2) is 4.79 Å². The van der Waals surface area contributed by atoms with E-state index in [0.717, 1.165) is 12.8 Å². The molecule has 3 N–H and O–H groups in total. The summed E-state index contributed by atoms with van der Waals surface area (Å²) >= 11 is 0. The van der Waals surface area contributed by atoms with E-state index in [4.69, 9.17) is 15.9 Å². The van der Waals surface area contributed by atoms with E-state index in [1.807, 2.05) is 0 Å². The average Bonchev–Trinajstić information content (AvgIpc) is 3.02. The van der Waals surface area contributed by atoms with Crippen molar-refractivity contribution >= 4 is 11.7 Å². The molecule has 0 saturated heterocycles. The molecule has 0 aromatic heterocycles. The van der Waals surface area contributed by atoms with Gasteiger partial charge in [0.15, 0.2) is 0 Å². The van der Waals surface area contributed by atoms with Crippen LogP contribution in [0.3, 0.4) is 0 Å². The Hall–Kier alpha value is -0.900. The fraction of sp³-hybridized carbons (Fsp3) is 0.833. The molecule has 2 aliphatic carbocycles. The number of carbonyl (C=O) groups is 1. The van der Waals surface area contributed by atoms with Gasteiger partial charge in [0.2, 0.25) is 0 Å². The quantitative estimate of drug-likeness (QED) is 0.563. The molecule has 2 fully saturated rings. The van der Waals surface area contributed by atoms with Crippen molar-refractivity contribution in [1.29, 1.82) is 5.41 Å². The zero-order valence-electron chi connectivity index (χ0n) is 9.79. The van der Waals surface area contributed by atoms with Crippen molar-refractivity contribution < 1.29 is 9.53 Å². The molecule has 0 radical (unpaired) electrons. The van der Waals surface area contributed by atoms with Gasteiger partial charge in [-0.15, -0.1) is 0 Å². The summed E-state index contributed by atoms with van der Waals surface area (Å²) in [4.78, 5) is 11.5. The lowest BCUT2D eigenvalue weighted by Gasteiger charge is -2.33. The van der Waals surface area contributed by atoms with Gasteiger partial charge in [-0.1, -0.05) is 0 Å². The summed E-state index contributed by atoms with van der Waals surface area (Å²) in [6.07, 6.45) is 5.50. The van der Waals surface area contributed by atoms with Crippen LogP contribution in [0.5, 0.6) is 0 Å². The van der Waals surface area contributed by atoms with E-state index in [9.17, 15) is 4.79 Å². The molecule has 4 heteroatoms. The normalized spacial score (nSPS) is 31.1. The molecule has 90 valence electrons. The third-order valence-electron chi connectivity index (χ3n) is 4.00. The molecule has 2 unspecified atom stereocenters. The van der Waals surface area contributed by atoms with Crippen LogP contribution in [0.2, 0.25) is 0 Å². The van der Waals surface area contributed by atoms with Crippen LogP contribution in [0.4, 0.5) is 0 Å². The summed E-state index contributed by atoms with van der Waals surface area (Å²) in [7, 11) is 0. The van der Waals surface area contributed by atoms with Gasteiger partial charge in [0, 0.05) is 12.0 Å². The van der Waals surface area contributed by atoms with Crippen molar-refractivity contribution in [3.63, 3.8) is 0 Å². The maximum absolute atomic E-state index is 11.5. The van der Waals surface area contributed by atoms with Crippen LogP contribution >= 0.6 is 0 Å². The number of rotatable bonds is 3. The Morgan fingerprint density at radius 3 is 2.75 bits per heavy atom. The van der Waals surface area contributed by atoms with Crippen LogP contribution in [-0.4, -0.2) is 24.3 Å². The fourth-order valence-electron chi connectivity index (χ4n) is 2.70. The molecule has 2 saturated carbocycles. The molecule has 0 aliphatic heterocycles. The van der Waals surface area contributed by atoms with Gasteiger partial charge in [-0.3, -0.25) is 5.41 Å². The van der Waals surface area contributed by atoms with Gasteiger partial charge < -0.3 is 10.5 Å². The fourth-order valence-corrected chi connectivity index (χ4v) is 2.70. The predicted octanol–water partition coefficient (Wildman–Crippen LogP) is 1.48. The second kappa shape index (κ2) is 4.17. The Balaban J connectivity index is 2.00. The van der Waals surface area contributed by atoms with Crippen molar-refractivity contribution in [3.05, 3.63) is 0 Å². The zero-order chi connectivity index (χ0) is 11.8. The molecule has 0 amide bonds. The van der Waals surface area contributed by atoms with Crippen molar-refractivity contribution in [2.24, 2.45) is 17.1 Å². The van der Waals surface area contributed by atoms with E-state index in [-0.39, 0.29) is 17.7 Å². The molecule has 0 aromatic carbocycles. The topological polar surface area (TPSA) is 76.2 Å². The second-order valence-electron chi connectivity index (χ2n) is 5.15. The number of carbonyl (C=O) groups excluding carboxylic acids is 1. The third kappa shape index (κ3) is 2.12. The molecule has 2 atom stereocenters. The Morgan fingerprint density at radius 1 is 1.50 bits per heavy atom. The maximum Gasteiger partial charge on any atom is 0.352 e. The number of hydrogen-bond donors (Lipinski definition) is 2. The number of nitrogens with two attached hydrogens (primary N) is 1. The molecule has 2 rings (SSSR count). The van der Waals surface area contributed by atoms with Gasteiger partial charge in [-0.05, 0) is 44.4 Å². The smallest absolute Gasteiger partial charge is 0.352 e. The van der Waals surface area contributed by atoms with E-state index in [0.29, 0.717) is 12.0 Å². The highest BCUT2D eigenvalue weighted by atomic mass is 16.5. The first-order chi connectivity index (χ1) is 7.58. The lowest BCUT2D eigenvalue weighted by molar-refractivity contribution is -0.135. The lowest BCUT2D eigenvalue weighted by atomic mass is 9.74. The number of hydrogen-bond acceptors (Lipinski definition) is 4. The molecule has 4 nitrogen and oxygen atoms in total. The largest absolute Gasteiger partial charge is 0.462 e. The van der Waals surface area contributed by atoms with Crippen LogP contribution in [0.1, 0.15) is 39.0 Å². The van der Waals surface area contributed by atoms with Gasteiger partial charge in [0.1, 0.15) is 5.71 Å². The van der Waals surface area contributed by atoms with E-state index < -0.39 is 5.97 Å². The maximum atomic E-state index is 11.5. The first-order valence-corrected chi connectivity index (χ1v) is 6.09. The van der Waals surface area contributed by atoms with Crippen LogP contribution in [-0.2, 0) is 9.53 Å². The summed E-state index contributed by atoms with van der Waals surface area (Å²) in [5.41, 5.74) is 6.51. The molecule has 0 bridgehead atoms. The molecular formula is C12H20N2O2. The highest BCUT2D eigenvalue weighted by Gasteiger charge is 2.49. The predicted molar refractivity (Wildman–Crippen MR) is 61.3 cm³/mol. The van der Waals surface area contributed by atoms with Crippen LogP contribution in [0.15, 0.2) is 0 Å². The molecule has 2 aliphatic rings. The minimum Gasteiger partial charge on any atom is -0.462 e. The lowest BCUT2D eigenvalue weighted by Crippen LogP contribution is -2.43. The van der Waals surface area contributed by atoms with Gasteiger partial charge in [-0.2, -0.15) is 0 Å². The van der Waals surface area contributed by atoms with E-state index in [2.05, 4.69) is 0 Å². The summed E-state index contributed by atoms with van der Waals surface area (Å²) < 4.78 is 4.87. The Morgan fingerprint density at radius 2 is 2.19 bits per heavy atom. The Labute approximate surface area is 96.0 Å². The molecular weight excluding hydrogens is 204 g/mol. The second-order valence-corrected chi connectivity index (χ2v) is 5.15. The summed E-state index contributed by atoms with van der Waals surface area (Å²) in [5, 5.41) is 7.87. The minimum atomic E-state index is -0.486. The minimum absolute atomic E-state index is 0.0388. The Bertz CT molecular complexity index is 310. The summed E-state index contributed by atoms with van der Waals surface area (Å²) in [6.45, 7) is 2.09. The molecule has 1 spiro atoms. The van der Waals surface area contributed by atoms with Crippen LogP contribution < -0.4 is 5.73 Å². The van der Waals surface area contributed by atoms with Crippen molar-refractivity contribution in [1.82, 2.24) is 0 Å². The van der Waals surface area contributed by atoms with E-state index >= 15 is 0 Å². The SMILES string of the molecule is CCOC(=O)C(=N)C1CC2(CCC1N)CC2. The first-order valence-electron chi connectivity index (χ1n) is 6.09. The van der Waals surface area contributed by atoms with Crippen LogP contribution in [0.25, 0.3) is 0 Å². The highest BCUT2D eigenvalue weighted by molar-refractivity contribution is 6.36. The van der Waals surface area contributed by atoms with E-state index in [1.54, 1.807) is 6.92 Å². The number of esters is 1. The van der Waals surface area contributed by atoms with Gasteiger partial charge >= 0.3 is 5.97 Å². The van der Waals surface area contributed by atoms with Crippen molar-refractivity contribution in [2.75, 3.05) is 6.61 Å². The number of nitrogens with one attached hydrogen (secondary N) is 1. The molecule has 0 heterocycles. The highest BCUT2D eigenvalue weighted by Crippen LogP contribution is 2.57. The number of ether oxygens (including phenoxy) is 1. The third-order valence-corrected chi connectivity index (χ3v) is 4.00.